The molecule has 1 aliphatic rings. The Bertz CT molecular complexity index is 1000. The topological polar surface area (TPSA) is 88.7 Å². The summed E-state index contributed by atoms with van der Waals surface area (Å²) in [5.41, 5.74) is 0.0990. The highest BCUT2D eigenvalue weighted by Crippen LogP contribution is 2.31. The number of hydrogen-bond donors (Lipinski definition) is 3. The van der Waals surface area contributed by atoms with Gasteiger partial charge in [0, 0.05) is 25.6 Å². The Morgan fingerprint density at radius 3 is 2.44 bits per heavy atom. The fourth-order valence-electron chi connectivity index (χ4n) is 3.75. The van der Waals surface area contributed by atoms with Gasteiger partial charge in [-0.05, 0) is 61.9 Å². The molecule has 3 rings (SSSR count). The van der Waals surface area contributed by atoms with Crippen molar-refractivity contribution in [1.82, 2.24) is 16.0 Å². The highest BCUT2D eigenvalue weighted by atomic mass is 35.5. The Labute approximate surface area is 212 Å². The first kappa shape index (κ1) is 27.6. The summed E-state index contributed by atoms with van der Waals surface area (Å²) in [6, 6.07) is 10.4. The van der Waals surface area contributed by atoms with Gasteiger partial charge in [-0.3, -0.25) is 0 Å². The molecule has 2 amide bonds. The quantitative estimate of drug-likeness (QED) is 0.326. The summed E-state index contributed by atoms with van der Waals surface area (Å²) in [5.74, 6) is -0.0523. The van der Waals surface area contributed by atoms with E-state index in [0.29, 0.717) is 29.8 Å². The molecular weight excluding hydrogens is 499 g/mol. The van der Waals surface area contributed by atoms with Gasteiger partial charge in [-0.2, -0.15) is 13.2 Å². The maximum atomic E-state index is 13.0. The molecule has 3 atom stereocenters. The van der Waals surface area contributed by atoms with Crippen molar-refractivity contribution in [2.24, 2.45) is 0 Å². The first-order valence-corrected chi connectivity index (χ1v) is 12.1. The van der Waals surface area contributed by atoms with Crippen molar-refractivity contribution in [1.29, 1.82) is 0 Å². The Hall–Kier alpha value is -2.98. The number of carbonyl (C=O) groups is 2. The average molecular weight is 528 g/mol. The van der Waals surface area contributed by atoms with Crippen LogP contribution in [0.3, 0.4) is 0 Å². The van der Waals surface area contributed by atoms with Gasteiger partial charge in [0.15, 0.2) is 0 Å². The predicted molar refractivity (Wildman–Crippen MR) is 129 cm³/mol. The first-order valence-electron chi connectivity index (χ1n) is 11.7. The molecule has 1 fully saturated rings. The van der Waals surface area contributed by atoms with Crippen LogP contribution in [0.25, 0.3) is 0 Å². The number of halogens is 4. The number of benzene rings is 2. The van der Waals surface area contributed by atoms with Crippen LogP contribution in [0.1, 0.15) is 47.4 Å². The third-order valence-corrected chi connectivity index (χ3v) is 6.13. The molecule has 0 aliphatic carbocycles. The molecule has 3 unspecified atom stereocenters. The Kier molecular flexibility index (Phi) is 9.83. The molecule has 1 heterocycles. The normalized spacial score (nSPS) is 18.7. The fraction of sp³-hybridized carbons (Fsp3) is 0.440. The van der Waals surface area contributed by atoms with Crippen LogP contribution in [0, 0.1) is 0 Å². The van der Waals surface area contributed by atoms with Crippen LogP contribution in [0.15, 0.2) is 48.5 Å². The van der Waals surface area contributed by atoms with Gasteiger partial charge >= 0.3 is 18.2 Å². The van der Waals surface area contributed by atoms with Gasteiger partial charge in [-0.15, -0.1) is 11.6 Å². The molecule has 2 aromatic rings. The second-order valence-corrected chi connectivity index (χ2v) is 8.84. The van der Waals surface area contributed by atoms with Gasteiger partial charge in [0.25, 0.3) is 0 Å². The van der Waals surface area contributed by atoms with E-state index >= 15 is 0 Å². The molecule has 36 heavy (non-hydrogen) atoms. The fourth-order valence-corrected chi connectivity index (χ4v) is 4.05. The van der Waals surface area contributed by atoms with Crippen LogP contribution in [0.2, 0.25) is 0 Å². The number of piperidine rings is 1. The zero-order chi connectivity index (χ0) is 26.1. The Morgan fingerprint density at radius 2 is 1.83 bits per heavy atom. The predicted octanol–water partition coefficient (Wildman–Crippen LogP) is 4.66. The van der Waals surface area contributed by atoms with Crippen LogP contribution in [-0.2, 0) is 10.9 Å². The van der Waals surface area contributed by atoms with E-state index in [-0.39, 0.29) is 37.0 Å². The lowest BCUT2D eigenvalue weighted by atomic mass is 10.0. The summed E-state index contributed by atoms with van der Waals surface area (Å²) in [6.45, 7) is 3.52. The summed E-state index contributed by atoms with van der Waals surface area (Å²) < 4.78 is 50.0. The number of amides is 2. The molecule has 0 radical (unpaired) electrons. The number of esters is 1. The molecule has 11 heteroatoms. The molecule has 3 N–H and O–H groups in total. The van der Waals surface area contributed by atoms with Crippen molar-refractivity contribution in [2.45, 2.75) is 43.5 Å². The number of ether oxygens (including phenoxy) is 2. The highest BCUT2D eigenvalue weighted by molar-refractivity contribution is 6.21. The molecule has 2 aromatic carbocycles. The lowest BCUT2D eigenvalue weighted by Crippen LogP contribution is -2.53. The van der Waals surface area contributed by atoms with Crippen molar-refractivity contribution in [2.75, 3.05) is 26.2 Å². The van der Waals surface area contributed by atoms with Gasteiger partial charge < -0.3 is 25.4 Å². The maximum absolute atomic E-state index is 13.0. The van der Waals surface area contributed by atoms with E-state index in [1.165, 1.54) is 12.1 Å². The number of urea groups is 1. The zero-order valence-electron chi connectivity index (χ0n) is 19.7. The van der Waals surface area contributed by atoms with E-state index in [1.54, 1.807) is 31.2 Å². The summed E-state index contributed by atoms with van der Waals surface area (Å²) in [5, 5.41) is 8.54. The molecule has 1 saturated heterocycles. The molecule has 7 nitrogen and oxygen atoms in total. The second kappa shape index (κ2) is 12.8. The third kappa shape index (κ3) is 8.03. The SMILES string of the molecule is CCOC(=O)c1ccc(OC(CCNC(=O)NC2CCNCC2Cl)c2ccc(C(F)(F)F)cc2)cc1. The lowest BCUT2D eigenvalue weighted by molar-refractivity contribution is -0.137. The van der Waals surface area contributed by atoms with Crippen molar-refractivity contribution in [3.05, 3.63) is 65.2 Å². The molecule has 0 saturated carbocycles. The number of carbonyl (C=O) groups excluding carboxylic acids is 2. The number of rotatable bonds is 9. The molecular formula is C25H29ClF3N3O4. The summed E-state index contributed by atoms with van der Waals surface area (Å²) in [4.78, 5) is 24.2. The van der Waals surface area contributed by atoms with Crippen molar-refractivity contribution in [3.8, 4) is 5.75 Å². The first-order chi connectivity index (χ1) is 17.2. The summed E-state index contributed by atoms with van der Waals surface area (Å²) in [7, 11) is 0. The standard InChI is InChI=1S/C25H29ClF3N3O4/c1-2-35-23(33)17-5-9-19(10-6-17)36-22(16-3-7-18(8-4-16)25(27,28)29)12-14-31-24(34)32-21-11-13-30-15-20(21)26/h3-10,20-22,30H,2,11-15H2,1H3,(H2,31,32,34). The van der Waals surface area contributed by atoms with Gasteiger partial charge in [0.05, 0.1) is 23.1 Å². The molecule has 0 aromatic heterocycles. The van der Waals surface area contributed by atoms with E-state index in [1.807, 2.05) is 0 Å². The number of hydrogen-bond acceptors (Lipinski definition) is 5. The summed E-state index contributed by atoms with van der Waals surface area (Å²) in [6.07, 6.45) is -4.11. The van der Waals surface area contributed by atoms with Crippen molar-refractivity contribution in [3.63, 3.8) is 0 Å². The maximum Gasteiger partial charge on any atom is 0.416 e. The smallest absolute Gasteiger partial charge is 0.416 e. The Morgan fingerprint density at radius 1 is 1.14 bits per heavy atom. The summed E-state index contributed by atoms with van der Waals surface area (Å²) >= 11 is 6.24. The van der Waals surface area contributed by atoms with Gasteiger partial charge in [-0.25, -0.2) is 9.59 Å². The minimum absolute atomic E-state index is 0.159. The van der Waals surface area contributed by atoms with E-state index in [2.05, 4.69) is 16.0 Å². The Balaban J connectivity index is 1.66. The van der Waals surface area contributed by atoms with Gasteiger partial charge in [0.2, 0.25) is 0 Å². The third-order valence-electron chi connectivity index (χ3n) is 5.67. The minimum Gasteiger partial charge on any atom is -0.486 e. The lowest BCUT2D eigenvalue weighted by Gasteiger charge is -2.28. The minimum atomic E-state index is -4.45. The van der Waals surface area contributed by atoms with Crippen LogP contribution < -0.4 is 20.7 Å². The second-order valence-electron chi connectivity index (χ2n) is 8.28. The molecule has 196 valence electrons. The molecule has 0 bridgehead atoms. The van der Waals surface area contributed by atoms with Crippen molar-refractivity contribution < 1.29 is 32.2 Å². The van der Waals surface area contributed by atoms with Crippen LogP contribution in [0.4, 0.5) is 18.0 Å². The van der Waals surface area contributed by atoms with Gasteiger partial charge in [-0.1, -0.05) is 12.1 Å². The van der Waals surface area contributed by atoms with E-state index in [9.17, 15) is 22.8 Å². The van der Waals surface area contributed by atoms with Crippen LogP contribution >= 0.6 is 11.6 Å². The molecule has 1 aliphatic heterocycles. The largest absolute Gasteiger partial charge is 0.486 e. The average Bonchev–Trinajstić information content (AvgIpc) is 2.85. The van der Waals surface area contributed by atoms with E-state index < -0.39 is 23.8 Å². The monoisotopic (exact) mass is 527 g/mol. The van der Waals surface area contributed by atoms with E-state index in [4.69, 9.17) is 21.1 Å². The molecule has 0 spiro atoms. The van der Waals surface area contributed by atoms with Gasteiger partial charge in [0.1, 0.15) is 11.9 Å². The number of nitrogens with one attached hydrogen (secondary N) is 3. The zero-order valence-corrected chi connectivity index (χ0v) is 20.5. The highest BCUT2D eigenvalue weighted by Gasteiger charge is 2.30. The van der Waals surface area contributed by atoms with E-state index in [0.717, 1.165) is 18.7 Å². The van der Waals surface area contributed by atoms with Crippen molar-refractivity contribution >= 4 is 23.6 Å². The number of alkyl halides is 4. The van der Waals surface area contributed by atoms with Crippen LogP contribution in [0.5, 0.6) is 5.75 Å². The van der Waals surface area contributed by atoms with Crippen LogP contribution in [-0.4, -0.2) is 49.7 Å².